The van der Waals surface area contributed by atoms with E-state index >= 15 is 0 Å². The van der Waals surface area contributed by atoms with Crippen LogP contribution in [0.2, 0.25) is 0 Å². The highest BCUT2D eigenvalue weighted by Gasteiger charge is 2.46. The number of fused-ring (bicyclic) bond motifs is 2. The van der Waals surface area contributed by atoms with Crippen LogP contribution in [0.15, 0.2) is 143 Å². The topological polar surface area (TPSA) is 115 Å². The lowest BCUT2D eigenvalue weighted by Gasteiger charge is -2.27. The van der Waals surface area contributed by atoms with E-state index in [0.717, 1.165) is 45.3 Å². The summed E-state index contributed by atoms with van der Waals surface area (Å²) >= 11 is 0. The molecule has 0 aliphatic carbocycles. The van der Waals surface area contributed by atoms with Crippen molar-refractivity contribution in [1.82, 2.24) is 4.58 Å². The maximum Gasteiger partial charge on any atom is 0.294 e. The molecule has 0 bridgehead atoms. The summed E-state index contributed by atoms with van der Waals surface area (Å²) in [5.74, 6) is 0. The van der Waals surface area contributed by atoms with E-state index in [0.29, 0.717) is 0 Å². The summed E-state index contributed by atoms with van der Waals surface area (Å²) in [4.78, 5) is 1.79. The Morgan fingerprint density at radius 3 is 1.85 bits per heavy atom. The first-order valence-electron chi connectivity index (χ1n) is 15.0. The normalized spacial score (nSPS) is 18.0. The van der Waals surface area contributed by atoms with Crippen LogP contribution in [-0.2, 0) is 31.1 Å². The van der Waals surface area contributed by atoms with Crippen molar-refractivity contribution in [2.24, 2.45) is 0 Å². The number of hydrogen-bond acceptors (Lipinski definition) is 5. The van der Waals surface area contributed by atoms with Crippen molar-refractivity contribution in [3.63, 3.8) is 0 Å². The van der Waals surface area contributed by atoms with Crippen LogP contribution in [-0.4, -0.2) is 31.7 Å². The maximum atomic E-state index is 12.0. The van der Waals surface area contributed by atoms with Gasteiger partial charge in [0, 0.05) is 46.6 Å². The lowest BCUT2D eigenvalue weighted by atomic mass is 9.81. The van der Waals surface area contributed by atoms with Gasteiger partial charge < -0.3 is 4.90 Å². The minimum absolute atomic E-state index is 0.152. The highest BCUT2D eigenvalue weighted by molar-refractivity contribution is 7.86. The van der Waals surface area contributed by atoms with Crippen molar-refractivity contribution >= 4 is 48.7 Å². The van der Waals surface area contributed by atoms with E-state index < -0.39 is 31.1 Å². The number of para-hydroxylation sites is 2. The zero-order valence-electron chi connectivity index (χ0n) is 26.4. The predicted molar refractivity (Wildman–Crippen MR) is 186 cm³/mol. The molecule has 0 amide bonds. The Hall–Kier alpha value is -4.61. The van der Waals surface area contributed by atoms with Crippen LogP contribution in [0.4, 0.5) is 22.7 Å². The number of anilines is 2. The maximum absolute atomic E-state index is 12.0. The molecule has 0 fully saturated rings. The minimum Gasteiger partial charge on any atom is -0.313 e. The second-order valence-corrected chi connectivity index (χ2v) is 15.4. The standard InChI is InChI=1S/C37H34N2O6S2/c1-36(2)30-24-28(46(40,41)42)20-22-32(30)38(26-14-8-5-9-15-26)34(36)18-12-7-13-19-35-37(3,4)31-25-29(47(43,44)45)21-23-33(31)39(35)27-16-10-6-11-17-27/h5-25H,1-4H3,(H-,40,41,42,43,44,45)/p+1. The monoisotopic (exact) mass is 667 g/mol. The lowest BCUT2D eigenvalue weighted by Crippen LogP contribution is -2.27. The molecule has 0 radical (unpaired) electrons. The molecule has 0 saturated carbocycles. The first-order valence-corrected chi connectivity index (χ1v) is 17.9. The van der Waals surface area contributed by atoms with Gasteiger partial charge in [-0.15, -0.1) is 0 Å². The third-order valence-electron chi connectivity index (χ3n) is 8.88. The fraction of sp³-hybridized carbons (Fsp3) is 0.162. The smallest absolute Gasteiger partial charge is 0.294 e. The molecule has 6 rings (SSSR count). The minimum atomic E-state index is -4.38. The quantitative estimate of drug-likeness (QED) is 0.117. The second-order valence-electron chi connectivity index (χ2n) is 12.6. The van der Waals surface area contributed by atoms with Crippen LogP contribution in [0.3, 0.4) is 0 Å². The predicted octanol–water partition coefficient (Wildman–Crippen LogP) is 7.87. The summed E-state index contributed by atoms with van der Waals surface area (Å²) in [6, 6.07) is 28.9. The van der Waals surface area contributed by atoms with Crippen LogP contribution < -0.4 is 9.48 Å². The van der Waals surface area contributed by atoms with E-state index in [2.05, 4.69) is 9.48 Å². The van der Waals surface area contributed by atoms with Crippen LogP contribution in [0, 0.1) is 0 Å². The van der Waals surface area contributed by atoms with Crippen molar-refractivity contribution in [3.05, 3.63) is 144 Å². The van der Waals surface area contributed by atoms with Crippen molar-refractivity contribution < 1.29 is 25.9 Å². The Labute approximate surface area is 275 Å². The zero-order chi connectivity index (χ0) is 33.8. The molecule has 4 aromatic carbocycles. The molecule has 2 aliphatic heterocycles. The van der Waals surface area contributed by atoms with Crippen LogP contribution in [0.25, 0.3) is 0 Å². The Bertz CT molecular complexity index is 2230. The Morgan fingerprint density at radius 1 is 0.660 bits per heavy atom. The van der Waals surface area contributed by atoms with Gasteiger partial charge in [0.05, 0.1) is 20.9 Å². The van der Waals surface area contributed by atoms with Crippen molar-refractivity contribution in [2.45, 2.75) is 48.3 Å². The summed E-state index contributed by atoms with van der Waals surface area (Å²) in [6.45, 7) is 8.07. The van der Waals surface area contributed by atoms with Crippen molar-refractivity contribution in [1.29, 1.82) is 0 Å². The number of hydrogen-bond donors (Lipinski definition) is 2. The van der Waals surface area contributed by atoms with E-state index in [1.807, 2.05) is 119 Å². The molecule has 4 aromatic rings. The molecular formula is C37H35N2O6S2+. The van der Waals surface area contributed by atoms with Crippen LogP contribution in [0.5, 0.6) is 0 Å². The van der Waals surface area contributed by atoms with Gasteiger partial charge >= 0.3 is 0 Å². The highest BCUT2D eigenvalue weighted by Crippen LogP contribution is 2.51. The molecule has 2 aliphatic rings. The van der Waals surface area contributed by atoms with Crippen LogP contribution >= 0.6 is 0 Å². The summed E-state index contributed by atoms with van der Waals surface area (Å²) in [5.41, 5.74) is 5.67. The van der Waals surface area contributed by atoms with E-state index in [-0.39, 0.29) is 9.79 Å². The average molecular weight is 668 g/mol. The van der Waals surface area contributed by atoms with Gasteiger partial charge in [0.2, 0.25) is 11.4 Å². The first-order chi connectivity index (χ1) is 22.1. The number of rotatable bonds is 7. The highest BCUT2D eigenvalue weighted by atomic mass is 32.2. The molecule has 0 atom stereocenters. The molecule has 0 spiro atoms. The van der Waals surface area contributed by atoms with E-state index in [9.17, 15) is 25.9 Å². The van der Waals surface area contributed by atoms with Gasteiger partial charge in [-0.25, -0.2) is 0 Å². The molecule has 240 valence electrons. The second kappa shape index (κ2) is 11.6. The van der Waals surface area contributed by atoms with Gasteiger partial charge in [-0.05, 0) is 68.0 Å². The molecule has 0 saturated heterocycles. The molecule has 2 heterocycles. The van der Waals surface area contributed by atoms with Gasteiger partial charge in [-0.3, -0.25) is 9.11 Å². The molecule has 47 heavy (non-hydrogen) atoms. The Balaban J connectivity index is 1.41. The average Bonchev–Trinajstić information content (AvgIpc) is 3.39. The van der Waals surface area contributed by atoms with E-state index in [1.165, 1.54) is 24.3 Å². The van der Waals surface area contributed by atoms with Gasteiger partial charge in [0.25, 0.3) is 20.2 Å². The largest absolute Gasteiger partial charge is 0.313 e. The van der Waals surface area contributed by atoms with Crippen molar-refractivity contribution in [3.8, 4) is 0 Å². The first kappa shape index (κ1) is 32.3. The molecule has 10 heteroatoms. The fourth-order valence-corrected chi connectivity index (χ4v) is 7.48. The molecule has 8 nitrogen and oxygen atoms in total. The zero-order valence-corrected chi connectivity index (χ0v) is 28.0. The Kier molecular flexibility index (Phi) is 7.96. The van der Waals surface area contributed by atoms with Crippen LogP contribution in [0.1, 0.15) is 38.8 Å². The molecule has 0 aromatic heterocycles. The Morgan fingerprint density at radius 2 is 1.23 bits per heavy atom. The van der Waals surface area contributed by atoms with E-state index in [1.54, 1.807) is 12.1 Å². The van der Waals surface area contributed by atoms with Gasteiger partial charge in [0.15, 0.2) is 5.71 Å². The third-order valence-corrected chi connectivity index (χ3v) is 10.6. The molecule has 2 N–H and O–H groups in total. The summed E-state index contributed by atoms with van der Waals surface area (Å²) in [5, 5.41) is 0. The van der Waals surface area contributed by atoms with Gasteiger partial charge in [-0.2, -0.15) is 21.4 Å². The molecule has 0 unspecified atom stereocenters. The fourth-order valence-electron chi connectivity index (χ4n) is 6.47. The van der Waals surface area contributed by atoms with E-state index in [4.69, 9.17) is 0 Å². The number of nitrogens with zero attached hydrogens (tertiary/aromatic N) is 2. The van der Waals surface area contributed by atoms with Gasteiger partial charge in [-0.1, -0.05) is 68.5 Å². The SMILES string of the molecule is CC1(C)C(/C=C/C=C/C=C2/N(c3ccccc3)c3ccc(S(=O)(=O)O)cc3C2(C)C)=[N+](c2ccccc2)c2ccc(S(=O)(=O)O)cc21. The van der Waals surface area contributed by atoms with Gasteiger partial charge in [0.1, 0.15) is 0 Å². The summed E-state index contributed by atoms with van der Waals surface area (Å²) in [6.07, 6.45) is 9.77. The summed E-state index contributed by atoms with van der Waals surface area (Å²) < 4.78 is 69.5. The van der Waals surface area contributed by atoms with Crippen molar-refractivity contribution in [2.75, 3.05) is 4.90 Å². The third kappa shape index (κ3) is 5.78. The number of benzene rings is 4. The lowest BCUT2D eigenvalue weighted by molar-refractivity contribution is 0.480. The molecular weight excluding hydrogens is 633 g/mol. The number of allylic oxidation sites excluding steroid dienone is 6. The summed E-state index contributed by atoms with van der Waals surface area (Å²) in [7, 11) is -8.76.